The van der Waals surface area contributed by atoms with Gasteiger partial charge in [0, 0.05) is 26.2 Å². The maximum atomic E-state index is 12.6. The van der Waals surface area contributed by atoms with Crippen molar-refractivity contribution in [2.45, 2.75) is 11.3 Å². The molecule has 4 N–H and O–H groups in total. The number of amides is 1. The third kappa shape index (κ3) is 4.42. The van der Waals surface area contributed by atoms with Gasteiger partial charge >= 0.3 is 0 Å². The number of anilines is 2. The number of halogens is 1. The molecule has 12 heteroatoms. The molecule has 0 radical (unpaired) electrons. The molecule has 0 fully saturated rings. The van der Waals surface area contributed by atoms with E-state index in [4.69, 9.17) is 23.3 Å². The van der Waals surface area contributed by atoms with Crippen molar-refractivity contribution in [3.8, 4) is 0 Å². The van der Waals surface area contributed by atoms with Gasteiger partial charge in [-0.05, 0) is 53.9 Å². The lowest BCUT2D eigenvalue weighted by Crippen LogP contribution is -2.39. The second kappa shape index (κ2) is 8.54. The number of carbonyl (C=O) groups is 1. The van der Waals surface area contributed by atoms with E-state index in [1.807, 2.05) is 18.2 Å². The Morgan fingerprint density at radius 3 is 2.52 bits per heavy atom. The highest BCUT2D eigenvalue weighted by Crippen LogP contribution is 2.29. The number of carbonyl (C=O) groups excluding carboxylic acids is 1. The Morgan fingerprint density at radius 2 is 1.84 bits per heavy atom. The fourth-order valence-electron chi connectivity index (χ4n) is 2.85. The van der Waals surface area contributed by atoms with Gasteiger partial charge in [0.15, 0.2) is 0 Å². The molecule has 2 aromatic carbocycles. The van der Waals surface area contributed by atoms with Crippen molar-refractivity contribution < 1.29 is 13.2 Å². The molecule has 160 valence electrons. The minimum Gasteiger partial charge on any atom is -0.273 e. The fraction of sp³-hybridized carbons (Fsp3) is 0.0526. The molecule has 0 aliphatic carbocycles. The summed E-state index contributed by atoms with van der Waals surface area (Å²) in [5, 5.41) is 4.35. The standard InChI is InChI=1S/C19H16ClN5O3S3/c20-13-1-6-17-12(9-13)10-15(30-17)11-18(26)24(21)14-2-4-16(5-3-14)31(27,28)25(22)19-23-7-8-29-19/h1-10H,11,21-22H2. The molecule has 0 aliphatic heterocycles. The SMILES string of the molecule is NN(C(=O)Cc1cc2cc(Cl)ccc2s1)c1ccc(S(=O)(=O)N(N)c2nccs2)cc1. The second-order valence-corrected chi connectivity index (χ2v) is 10.7. The highest BCUT2D eigenvalue weighted by Gasteiger charge is 2.24. The van der Waals surface area contributed by atoms with Crippen molar-refractivity contribution >= 4 is 71.1 Å². The zero-order valence-electron chi connectivity index (χ0n) is 15.8. The largest absolute Gasteiger partial charge is 0.279 e. The molecule has 0 saturated heterocycles. The minimum atomic E-state index is -3.99. The van der Waals surface area contributed by atoms with Crippen LogP contribution in [0.4, 0.5) is 10.8 Å². The van der Waals surface area contributed by atoms with Gasteiger partial charge < -0.3 is 0 Å². The first kappa shape index (κ1) is 21.7. The lowest BCUT2D eigenvalue weighted by Gasteiger charge is -2.18. The molecule has 1 amide bonds. The van der Waals surface area contributed by atoms with Crippen LogP contribution in [0.25, 0.3) is 10.1 Å². The zero-order valence-corrected chi connectivity index (χ0v) is 19.0. The second-order valence-electron chi connectivity index (χ2n) is 6.44. The molecule has 0 spiro atoms. The van der Waals surface area contributed by atoms with E-state index in [-0.39, 0.29) is 22.4 Å². The van der Waals surface area contributed by atoms with E-state index < -0.39 is 10.0 Å². The van der Waals surface area contributed by atoms with Gasteiger partial charge in [0.2, 0.25) is 11.0 Å². The average Bonchev–Trinajstić information content (AvgIpc) is 3.42. The number of hydrogen-bond donors (Lipinski definition) is 2. The molecule has 4 aromatic rings. The summed E-state index contributed by atoms with van der Waals surface area (Å²) in [6.07, 6.45) is 1.57. The van der Waals surface area contributed by atoms with E-state index in [0.717, 1.165) is 31.3 Å². The van der Waals surface area contributed by atoms with E-state index in [1.165, 1.54) is 41.8 Å². The highest BCUT2D eigenvalue weighted by atomic mass is 35.5. The third-order valence-corrected chi connectivity index (χ3v) is 8.20. The first-order valence-corrected chi connectivity index (χ1v) is 12.3. The van der Waals surface area contributed by atoms with E-state index >= 15 is 0 Å². The summed E-state index contributed by atoms with van der Waals surface area (Å²) < 4.78 is 26.9. The summed E-state index contributed by atoms with van der Waals surface area (Å²) in [5.74, 6) is 11.4. The molecule has 4 rings (SSSR count). The van der Waals surface area contributed by atoms with E-state index in [9.17, 15) is 13.2 Å². The van der Waals surface area contributed by atoms with Crippen molar-refractivity contribution in [2.75, 3.05) is 9.42 Å². The van der Waals surface area contributed by atoms with Crippen LogP contribution in [0.3, 0.4) is 0 Å². The normalized spacial score (nSPS) is 11.6. The van der Waals surface area contributed by atoms with Gasteiger partial charge in [0.05, 0.1) is 17.0 Å². The number of rotatable bonds is 6. The van der Waals surface area contributed by atoms with Gasteiger partial charge in [0.25, 0.3) is 10.0 Å². The summed E-state index contributed by atoms with van der Waals surface area (Å²) in [6, 6.07) is 13.0. The van der Waals surface area contributed by atoms with Crippen LogP contribution in [-0.2, 0) is 21.2 Å². The predicted molar refractivity (Wildman–Crippen MR) is 125 cm³/mol. The number of nitrogens with zero attached hydrogens (tertiary/aromatic N) is 3. The summed E-state index contributed by atoms with van der Waals surface area (Å²) >= 11 is 8.60. The first-order chi connectivity index (χ1) is 14.8. The van der Waals surface area contributed by atoms with Crippen LogP contribution >= 0.6 is 34.3 Å². The zero-order chi connectivity index (χ0) is 22.2. The molecular formula is C19H16ClN5O3S3. The molecule has 0 bridgehead atoms. The van der Waals surface area contributed by atoms with Crippen LogP contribution in [0.5, 0.6) is 0 Å². The Balaban J connectivity index is 1.49. The molecule has 0 saturated carbocycles. The number of nitrogens with two attached hydrogens (primary N) is 2. The molecule has 2 heterocycles. The number of hydrogen-bond acceptors (Lipinski definition) is 8. The third-order valence-electron chi connectivity index (χ3n) is 4.40. The minimum absolute atomic E-state index is 0.0452. The van der Waals surface area contributed by atoms with Crippen LogP contribution in [0.2, 0.25) is 5.02 Å². The molecule has 0 unspecified atom stereocenters. The number of sulfonamides is 1. The summed E-state index contributed by atoms with van der Waals surface area (Å²) in [5.41, 5.74) is 0.353. The number of aromatic nitrogens is 1. The molecular weight excluding hydrogens is 478 g/mol. The van der Waals surface area contributed by atoms with Crippen molar-refractivity contribution in [3.05, 3.63) is 70.0 Å². The molecule has 2 aromatic heterocycles. The maximum absolute atomic E-state index is 12.6. The smallest absolute Gasteiger partial charge is 0.273 e. The van der Waals surface area contributed by atoms with Gasteiger partial charge in [-0.3, -0.25) is 4.79 Å². The number of hydrazine groups is 2. The summed E-state index contributed by atoms with van der Waals surface area (Å²) in [4.78, 5) is 17.3. The Kier molecular flexibility index (Phi) is 5.97. The predicted octanol–water partition coefficient (Wildman–Crippen LogP) is 3.53. The van der Waals surface area contributed by atoms with Crippen LogP contribution < -0.4 is 21.1 Å². The van der Waals surface area contributed by atoms with Gasteiger partial charge in [-0.2, -0.15) is 12.8 Å². The average molecular weight is 494 g/mol. The molecule has 8 nitrogen and oxygen atoms in total. The molecule has 0 aliphatic rings. The maximum Gasteiger partial charge on any atom is 0.279 e. The van der Waals surface area contributed by atoms with Gasteiger partial charge in [0.1, 0.15) is 0 Å². The van der Waals surface area contributed by atoms with Crippen LogP contribution in [0, 0.1) is 0 Å². The first-order valence-electron chi connectivity index (χ1n) is 8.81. The lowest BCUT2D eigenvalue weighted by atomic mass is 10.2. The lowest BCUT2D eigenvalue weighted by molar-refractivity contribution is -0.118. The van der Waals surface area contributed by atoms with Crippen molar-refractivity contribution in [1.82, 2.24) is 4.98 Å². The van der Waals surface area contributed by atoms with Crippen molar-refractivity contribution in [3.63, 3.8) is 0 Å². The Bertz CT molecular complexity index is 1340. The van der Waals surface area contributed by atoms with Crippen LogP contribution in [-0.4, -0.2) is 19.3 Å². The van der Waals surface area contributed by atoms with Crippen LogP contribution in [0.15, 0.2) is 65.0 Å². The van der Waals surface area contributed by atoms with Gasteiger partial charge in [-0.1, -0.05) is 11.6 Å². The van der Waals surface area contributed by atoms with E-state index in [2.05, 4.69) is 4.98 Å². The van der Waals surface area contributed by atoms with Crippen molar-refractivity contribution in [2.24, 2.45) is 11.7 Å². The quantitative estimate of drug-likeness (QED) is 0.240. The highest BCUT2D eigenvalue weighted by molar-refractivity contribution is 7.93. The molecule has 31 heavy (non-hydrogen) atoms. The number of fused-ring (bicyclic) bond motifs is 1. The Hall–Kier alpha value is -2.54. The topological polar surface area (TPSA) is 123 Å². The number of benzene rings is 2. The number of thiazole rings is 1. The van der Waals surface area contributed by atoms with E-state index in [0.29, 0.717) is 15.1 Å². The summed E-state index contributed by atoms with van der Waals surface area (Å²) in [7, 11) is -3.99. The monoisotopic (exact) mass is 493 g/mol. The Morgan fingerprint density at radius 1 is 1.10 bits per heavy atom. The van der Waals surface area contributed by atoms with Gasteiger partial charge in [-0.25, -0.2) is 21.7 Å². The van der Waals surface area contributed by atoms with E-state index in [1.54, 1.807) is 11.4 Å². The number of thiophene rings is 1. The summed E-state index contributed by atoms with van der Waals surface area (Å²) in [6.45, 7) is 0. The van der Waals surface area contributed by atoms with Gasteiger partial charge in [-0.15, -0.1) is 22.7 Å². The Labute approximate surface area is 191 Å². The van der Waals surface area contributed by atoms with Crippen molar-refractivity contribution in [1.29, 1.82) is 0 Å². The van der Waals surface area contributed by atoms with Crippen LogP contribution in [0.1, 0.15) is 4.88 Å². The molecule has 0 atom stereocenters. The fourth-order valence-corrected chi connectivity index (χ4v) is 5.92.